The molecule has 2 rings (SSSR count). The zero-order valence-electron chi connectivity index (χ0n) is 14.0. The predicted molar refractivity (Wildman–Crippen MR) is 86.8 cm³/mol. The van der Waals surface area contributed by atoms with Crippen LogP contribution in [-0.4, -0.2) is 41.1 Å². The minimum absolute atomic E-state index is 0.0154. The van der Waals surface area contributed by atoms with Gasteiger partial charge in [0, 0.05) is 13.1 Å². The molecule has 1 aliphatic heterocycles. The zero-order chi connectivity index (χ0) is 17.0. The Balaban J connectivity index is 1.94. The quantitative estimate of drug-likeness (QED) is 0.875. The van der Waals surface area contributed by atoms with Crippen LogP contribution in [0, 0.1) is 11.3 Å². The number of carboxylic acids is 1. The van der Waals surface area contributed by atoms with Crippen LogP contribution >= 0.6 is 0 Å². The summed E-state index contributed by atoms with van der Waals surface area (Å²) >= 11 is 0. The van der Waals surface area contributed by atoms with Crippen molar-refractivity contribution in [3.63, 3.8) is 0 Å². The molecule has 1 aromatic rings. The number of aliphatic carboxylic acids is 1. The van der Waals surface area contributed by atoms with Crippen LogP contribution in [0.2, 0.25) is 0 Å². The Labute approximate surface area is 137 Å². The number of carboxylic acid groups (broad SMARTS) is 1. The molecule has 0 saturated carbocycles. The number of carbonyl (C=O) groups excluding carboxylic acids is 1. The normalized spacial score (nSPS) is 22.3. The number of likely N-dealkylation sites (tertiary alicyclic amines) is 1. The molecule has 1 saturated heterocycles. The van der Waals surface area contributed by atoms with Crippen molar-refractivity contribution in [2.75, 3.05) is 13.1 Å². The number of benzene rings is 1. The fourth-order valence-electron chi connectivity index (χ4n) is 3.04. The fourth-order valence-corrected chi connectivity index (χ4v) is 3.04. The highest BCUT2D eigenvalue weighted by atomic mass is 16.5. The molecule has 0 bridgehead atoms. The second-order valence-corrected chi connectivity index (χ2v) is 6.56. The van der Waals surface area contributed by atoms with Crippen molar-refractivity contribution in [2.24, 2.45) is 11.3 Å². The van der Waals surface area contributed by atoms with Crippen molar-refractivity contribution in [1.29, 1.82) is 0 Å². The minimum atomic E-state index is -0.838. The van der Waals surface area contributed by atoms with Crippen LogP contribution in [0.15, 0.2) is 30.3 Å². The van der Waals surface area contributed by atoms with E-state index in [1.807, 2.05) is 44.2 Å². The highest BCUT2D eigenvalue weighted by Crippen LogP contribution is 2.38. The largest absolute Gasteiger partial charge is 0.481 e. The van der Waals surface area contributed by atoms with Crippen molar-refractivity contribution in [1.82, 2.24) is 4.90 Å². The lowest BCUT2D eigenvalue weighted by atomic mass is 9.76. The minimum Gasteiger partial charge on any atom is -0.481 e. The van der Waals surface area contributed by atoms with E-state index in [2.05, 4.69) is 0 Å². The second kappa shape index (κ2) is 7.13. The molecule has 1 N–H and O–H groups in total. The van der Waals surface area contributed by atoms with Gasteiger partial charge < -0.3 is 14.7 Å². The first-order chi connectivity index (χ1) is 10.9. The number of nitrogens with zero attached hydrogens (tertiary/aromatic N) is 1. The summed E-state index contributed by atoms with van der Waals surface area (Å²) in [6.45, 7) is 6.63. The van der Waals surface area contributed by atoms with Gasteiger partial charge in [0.2, 0.25) is 0 Å². The molecule has 126 valence electrons. The van der Waals surface area contributed by atoms with Gasteiger partial charge >= 0.3 is 5.97 Å². The maximum absolute atomic E-state index is 12.5. The Morgan fingerprint density at radius 2 is 1.91 bits per heavy atom. The Bertz CT molecular complexity index is 557. The summed E-state index contributed by atoms with van der Waals surface area (Å²) < 4.78 is 5.65. The highest BCUT2D eigenvalue weighted by Gasteiger charge is 2.48. The van der Waals surface area contributed by atoms with E-state index in [1.165, 1.54) is 0 Å². The van der Waals surface area contributed by atoms with Crippen molar-refractivity contribution in [3.8, 4) is 0 Å². The van der Waals surface area contributed by atoms with Gasteiger partial charge in [-0.2, -0.15) is 0 Å². The van der Waals surface area contributed by atoms with Crippen molar-refractivity contribution < 1.29 is 19.4 Å². The monoisotopic (exact) mass is 319 g/mol. The fraction of sp³-hybridized carbons (Fsp3) is 0.556. The van der Waals surface area contributed by atoms with E-state index in [9.17, 15) is 14.7 Å². The highest BCUT2D eigenvalue weighted by molar-refractivity contribution is 5.83. The molecule has 0 spiro atoms. The molecule has 1 aromatic carbocycles. The van der Waals surface area contributed by atoms with E-state index in [1.54, 1.807) is 11.8 Å². The van der Waals surface area contributed by atoms with E-state index in [-0.39, 0.29) is 18.4 Å². The molecule has 0 aliphatic carbocycles. The molecule has 1 amide bonds. The van der Waals surface area contributed by atoms with Gasteiger partial charge in [-0.15, -0.1) is 0 Å². The van der Waals surface area contributed by atoms with Gasteiger partial charge in [-0.05, 0) is 24.8 Å². The first-order valence-electron chi connectivity index (χ1n) is 8.04. The van der Waals surface area contributed by atoms with Crippen LogP contribution in [-0.2, 0) is 20.9 Å². The number of hydrogen-bond donors (Lipinski definition) is 1. The molecule has 2 atom stereocenters. The lowest BCUT2D eigenvalue weighted by Crippen LogP contribution is -2.43. The molecule has 0 radical (unpaired) electrons. The molecule has 2 unspecified atom stereocenters. The maximum atomic E-state index is 12.5. The molecule has 23 heavy (non-hydrogen) atoms. The standard InChI is InChI=1S/C18H25NO4/c1-13(2)18(17(21)22)9-10-19(12-18)16(20)14(3)23-11-15-7-5-4-6-8-15/h4-8,13-14H,9-12H2,1-3H3,(H,21,22). The van der Waals surface area contributed by atoms with E-state index in [4.69, 9.17) is 4.74 Å². The zero-order valence-corrected chi connectivity index (χ0v) is 14.0. The summed E-state index contributed by atoms with van der Waals surface area (Å²) in [7, 11) is 0. The van der Waals surface area contributed by atoms with Crippen molar-refractivity contribution >= 4 is 11.9 Å². The molecule has 1 heterocycles. The molecule has 1 aliphatic rings. The summed E-state index contributed by atoms with van der Waals surface area (Å²) in [5, 5.41) is 9.56. The Morgan fingerprint density at radius 3 is 2.43 bits per heavy atom. The number of hydrogen-bond acceptors (Lipinski definition) is 3. The summed E-state index contributed by atoms with van der Waals surface area (Å²) in [5.41, 5.74) is 0.171. The van der Waals surface area contributed by atoms with Crippen LogP contribution in [0.25, 0.3) is 0 Å². The van der Waals surface area contributed by atoms with Crippen LogP contribution in [0.1, 0.15) is 32.8 Å². The van der Waals surface area contributed by atoms with Crippen LogP contribution in [0.4, 0.5) is 0 Å². The van der Waals surface area contributed by atoms with Crippen molar-refractivity contribution in [3.05, 3.63) is 35.9 Å². The molecule has 0 aromatic heterocycles. The average molecular weight is 319 g/mol. The lowest BCUT2D eigenvalue weighted by Gasteiger charge is -2.29. The Kier molecular flexibility index (Phi) is 5.42. The average Bonchev–Trinajstić information content (AvgIpc) is 2.99. The molecule has 5 nitrogen and oxygen atoms in total. The van der Waals surface area contributed by atoms with E-state index < -0.39 is 17.5 Å². The van der Waals surface area contributed by atoms with Gasteiger partial charge in [0.15, 0.2) is 0 Å². The number of ether oxygens (including phenoxy) is 1. The number of amides is 1. The molecular formula is C18H25NO4. The van der Waals surface area contributed by atoms with Gasteiger partial charge in [0.1, 0.15) is 6.10 Å². The third-order valence-corrected chi connectivity index (χ3v) is 4.83. The third kappa shape index (κ3) is 3.72. The first-order valence-corrected chi connectivity index (χ1v) is 8.04. The van der Waals surface area contributed by atoms with Gasteiger partial charge in [-0.3, -0.25) is 9.59 Å². The summed E-state index contributed by atoms with van der Waals surface area (Å²) in [6.07, 6.45) is -0.0797. The SMILES string of the molecule is CC(OCc1ccccc1)C(=O)N1CCC(C(=O)O)(C(C)C)C1. The van der Waals surface area contributed by atoms with E-state index in [0.717, 1.165) is 5.56 Å². The van der Waals surface area contributed by atoms with Gasteiger partial charge in [-0.1, -0.05) is 44.2 Å². The topological polar surface area (TPSA) is 66.8 Å². The van der Waals surface area contributed by atoms with Crippen LogP contribution in [0.5, 0.6) is 0 Å². The first kappa shape index (κ1) is 17.5. The molecule has 1 fully saturated rings. The van der Waals surface area contributed by atoms with Crippen LogP contribution in [0.3, 0.4) is 0 Å². The summed E-state index contributed by atoms with van der Waals surface area (Å²) in [4.78, 5) is 25.8. The molecular weight excluding hydrogens is 294 g/mol. The second-order valence-electron chi connectivity index (χ2n) is 6.56. The Hall–Kier alpha value is -1.88. The maximum Gasteiger partial charge on any atom is 0.311 e. The third-order valence-electron chi connectivity index (χ3n) is 4.83. The summed E-state index contributed by atoms with van der Waals surface area (Å²) in [5.74, 6) is -0.969. The molecule has 5 heteroatoms. The van der Waals surface area contributed by atoms with Crippen molar-refractivity contribution in [2.45, 2.75) is 39.9 Å². The number of rotatable bonds is 6. The van der Waals surface area contributed by atoms with Gasteiger partial charge in [0.05, 0.1) is 12.0 Å². The van der Waals surface area contributed by atoms with Gasteiger partial charge in [0.25, 0.3) is 5.91 Å². The predicted octanol–water partition coefficient (Wildman–Crippen LogP) is 2.55. The smallest absolute Gasteiger partial charge is 0.311 e. The van der Waals surface area contributed by atoms with E-state index in [0.29, 0.717) is 19.6 Å². The Morgan fingerprint density at radius 1 is 1.26 bits per heavy atom. The summed E-state index contributed by atoms with van der Waals surface area (Å²) in [6, 6.07) is 9.67. The lowest BCUT2D eigenvalue weighted by molar-refractivity contribution is -0.152. The van der Waals surface area contributed by atoms with E-state index >= 15 is 0 Å². The van der Waals surface area contributed by atoms with Gasteiger partial charge in [-0.25, -0.2) is 0 Å². The number of carbonyl (C=O) groups is 2. The van der Waals surface area contributed by atoms with Crippen LogP contribution < -0.4 is 0 Å².